The Balaban J connectivity index is 1.53. The third-order valence-corrected chi connectivity index (χ3v) is 6.41. The Hall–Kier alpha value is -1.92. The monoisotopic (exact) mass is 371 g/mol. The van der Waals surface area contributed by atoms with Crippen LogP contribution in [-0.4, -0.2) is 47.6 Å². The van der Waals surface area contributed by atoms with Gasteiger partial charge in [-0.25, -0.2) is 4.98 Å². The molecule has 1 aromatic heterocycles. The molecule has 2 aliphatic rings. The van der Waals surface area contributed by atoms with Crippen molar-refractivity contribution in [2.45, 2.75) is 45.2 Å². The van der Waals surface area contributed by atoms with Gasteiger partial charge in [-0.1, -0.05) is 0 Å². The first-order chi connectivity index (χ1) is 12.6. The molecule has 2 aliphatic heterocycles. The van der Waals surface area contributed by atoms with Crippen molar-refractivity contribution in [2.75, 3.05) is 19.7 Å². The molecule has 1 N–H and O–H groups in total. The molecule has 2 fully saturated rings. The van der Waals surface area contributed by atoms with Crippen molar-refractivity contribution in [1.29, 1.82) is 0 Å². The molecular weight excluding hydrogens is 346 g/mol. The van der Waals surface area contributed by atoms with E-state index < -0.39 is 0 Å². The summed E-state index contributed by atoms with van der Waals surface area (Å²) in [6, 6.07) is 8.95. The highest BCUT2D eigenvalue weighted by Crippen LogP contribution is 2.31. The molecule has 0 radical (unpaired) electrons. The summed E-state index contributed by atoms with van der Waals surface area (Å²) in [4.78, 5) is 20.5. The second-order valence-corrected chi connectivity index (χ2v) is 8.07. The summed E-state index contributed by atoms with van der Waals surface area (Å²) in [6.07, 6.45) is 3.47. The molecule has 5 nitrogen and oxygen atoms in total. The van der Waals surface area contributed by atoms with Crippen LogP contribution in [0.3, 0.4) is 0 Å². The van der Waals surface area contributed by atoms with E-state index in [-0.39, 0.29) is 5.91 Å². The van der Waals surface area contributed by atoms with Crippen LogP contribution < -0.4 is 10.1 Å². The van der Waals surface area contributed by atoms with Crippen LogP contribution in [0, 0.1) is 6.92 Å². The van der Waals surface area contributed by atoms with Crippen LogP contribution in [0.4, 0.5) is 0 Å². The van der Waals surface area contributed by atoms with Gasteiger partial charge in [0.25, 0.3) is 5.91 Å². The number of thiazole rings is 1. The van der Waals surface area contributed by atoms with E-state index in [1.54, 1.807) is 0 Å². The smallest absolute Gasteiger partial charge is 0.265 e. The summed E-state index contributed by atoms with van der Waals surface area (Å²) in [7, 11) is 0. The Labute approximate surface area is 158 Å². The SMILES string of the molecule is CCOc1ccc(-c2nc(C)c(C(=O)N3CCC4CCC(C3)N4)s2)cc1. The molecule has 138 valence electrons. The molecule has 0 spiro atoms. The number of ether oxygens (including phenoxy) is 1. The summed E-state index contributed by atoms with van der Waals surface area (Å²) in [5.74, 6) is 0.986. The van der Waals surface area contributed by atoms with Gasteiger partial charge < -0.3 is 15.0 Å². The molecule has 0 aliphatic carbocycles. The van der Waals surface area contributed by atoms with Crippen molar-refractivity contribution in [1.82, 2.24) is 15.2 Å². The van der Waals surface area contributed by atoms with Crippen LogP contribution in [0.1, 0.15) is 41.6 Å². The van der Waals surface area contributed by atoms with Gasteiger partial charge in [0.1, 0.15) is 15.6 Å². The van der Waals surface area contributed by atoms with Crippen molar-refractivity contribution in [3.8, 4) is 16.3 Å². The third-order valence-electron chi connectivity index (χ3n) is 5.21. The summed E-state index contributed by atoms with van der Waals surface area (Å²) in [5, 5.41) is 4.52. The van der Waals surface area contributed by atoms with Crippen LogP contribution in [0.25, 0.3) is 10.6 Å². The first kappa shape index (κ1) is 17.5. The summed E-state index contributed by atoms with van der Waals surface area (Å²) in [6.45, 7) is 6.21. The maximum atomic E-state index is 13.1. The van der Waals surface area contributed by atoms with Gasteiger partial charge in [0.2, 0.25) is 0 Å². The lowest BCUT2D eigenvalue weighted by molar-refractivity contribution is 0.0752. The third kappa shape index (κ3) is 3.48. The molecule has 2 aromatic rings. The molecule has 2 unspecified atom stereocenters. The van der Waals surface area contributed by atoms with Gasteiger partial charge in [-0.2, -0.15) is 0 Å². The zero-order valence-electron chi connectivity index (χ0n) is 15.3. The van der Waals surface area contributed by atoms with E-state index in [9.17, 15) is 4.79 Å². The number of hydrogen-bond donors (Lipinski definition) is 1. The van der Waals surface area contributed by atoms with E-state index in [1.807, 2.05) is 43.0 Å². The molecule has 3 heterocycles. The van der Waals surface area contributed by atoms with E-state index in [2.05, 4.69) is 10.3 Å². The molecule has 1 aromatic carbocycles. The van der Waals surface area contributed by atoms with Crippen LogP contribution in [0.15, 0.2) is 24.3 Å². The number of aromatic nitrogens is 1. The summed E-state index contributed by atoms with van der Waals surface area (Å²) < 4.78 is 5.50. The van der Waals surface area contributed by atoms with Crippen molar-refractivity contribution in [3.05, 3.63) is 34.8 Å². The fourth-order valence-electron chi connectivity index (χ4n) is 3.85. The average Bonchev–Trinajstić information content (AvgIpc) is 3.17. The number of rotatable bonds is 4. The Kier molecular flexibility index (Phi) is 4.96. The first-order valence-corrected chi connectivity index (χ1v) is 10.2. The molecule has 2 saturated heterocycles. The number of fused-ring (bicyclic) bond motifs is 2. The number of aryl methyl sites for hydroxylation is 1. The van der Waals surface area contributed by atoms with E-state index in [4.69, 9.17) is 4.74 Å². The Morgan fingerprint density at radius 1 is 1.27 bits per heavy atom. The predicted molar refractivity (Wildman–Crippen MR) is 104 cm³/mol. The van der Waals surface area contributed by atoms with Gasteiger partial charge in [0, 0.05) is 30.7 Å². The minimum absolute atomic E-state index is 0.131. The molecule has 6 heteroatoms. The maximum Gasteiger partial charge on any atom is 0.265 e. The summed E-state index contributed by atoms with van der Waals surface area (Å²) in [5.41, 5.74) is 1.85. The van der Waals surface area contributed by atoms with E-state index in [0.717, 1.165) is 46.4 Å². The fourth-order valence-corrected chi connectivity index (χ4v) is 4.89. The van der Waals surface area contributed by atoms with E-state index >= 15 is 0 Å². The van der Waals surface area contributed by atoms with Crippen LogP contribution in [-0.2, 0) is 0 Å². The number of hydrogen-bond acceptors (Lipinski definition) is 5. The number of likely N-dealkylation sites (tertiary alicyclic amines) is 1. The molecule has 2 atom stereocenters. The maximum absolute atomic E-state index is 13.1. The van der Waals surface area contributed by atoms with Gasteiger partial charge in [-0.15, -0.1) is 11.3 Å². The predicted octanol–water partition coefficient (Wildman–Crippen LogP) is 3.48. The Bertz CT molecular complexity index is 787. The summed E-state index contributed by atoms with van der Waals surface area (Å²) >= 11 is 1.50. The van der Waals surface area contributed by atoms with E-state index in [1.165, 1.54) is 24.2 Å². The zero-order chi connectivity index (χ0) is 18.1. The topological polar surface area (TPSA) is 54.5 Å². The fraction of sp³-hybridized carbons (Fsp3) is 0.500. The standard InChI is InChI=1S/C20H25N3O2S/c1-3-25-17-8-4-14(5-9-17)19-21-13(2)18(26-19)20(24)23-11-10-15-6-7-16(12-23)22-15/h4-5,8-9,15-16,22H,3,6-7,10-12H2,1-2H3. The minimum atomic E-state index is 0.131. The lowest BCUT2D eigenvalue weighted by Crippen LogP contribution is -2.39. The Morgan fingerprint density at radius 2 is 2.04 bits per heavy atom. The quantitative estimate of drug-likeness (QED) is 0.894. The molecule has 1 amide bonds. The van der Waals surface area contributed by atoms with Crippen molar-refractivity contribution >= 4 is 17.2 Å². The highest BCUT2D eigenvalue weighted by atomic mass is 32.1. The van der Waals surface area contributed by atoms with Crippen LogP contribution in [0.5, 0.6) is 5.75 Å². The van der Waals surface area contributed by atoms with E-state index in [0.29, 0.717) is 18.7 Å². The lowest BCUT2D eigenvalue weighted by Gasteiger charge is -2.23. The lowest BCUT2D eigenvalue weighted by atomic mass is 10.1. The molecule has 2 bridgehead atoms. The molecule has 4 rings (SSSR count). The van der Waals surface area contributed by atoms with Crippen molar-refractivity contribution in [3.63, 3.8) is 0 Å². The van der Waals surface area contributed by atoms with Crippen LogP contribution in [0.2, 0.25) is 0 Å². The normalized spacial score (nSPS) is 22.3. The number of benzene rings is 1. The zero-order valence-corrected chi connectivity index (χ0v) is 16.1. The first-order valence-electron chi connectivity index (χ1n) is 9.40. The highest BCUT2D eigenvalue weighted by molar-refractivity contribution is 7.17. The van der Waals surface area contributed by atoms with Gasteiger partial charge in [-0.05, 0) is 57.4 Å². The number of nitrogens with one attached hydrogen (secondary N) is 1. The second kappa shape index (κ2) is 7.37. The highest BCUT2D eigenvalue weighted by Gasteiger charge is 2.32. The van der Waals surface area contributed by atoms with Crippen molar-refractivity contribution < 1.29 is 9.53 Å². The number of carbonyl (C=O) groups excluding carboxylic acids is 1. The number of nitrogens with zero attached hydrogens (tertiary/aromatic N) is 2. The number of carbonyl (C=O) groups is 1. The Morgan fingerprint density at radius 3 is 2.81 bits per heavy atom. The second-order valence-electron chi connectivity index (χ2n) is 7.07. The number of amides is 1. The largest absolute Gasteiger partial charge is 0.494 e. The van der Waals surface area contributed by atoms with Gasteiger partial charge in [0.05, 0.1) is 12.3 Å². The van der Waals surface area contributed by atoms with Crippen molar-refractivity contribution in [2.24, 2.45) is 0 Å². The minimum Gasteiger partial charge on any atom is -0.494 e. The van der Waals surface area contributed by atoms with Gasteiger partial charge >= 0.3 is 0 Å². The molecular formula is C20H25N3O2S. The average molecular weight is 372 g/mol. The van der Waals surface area contributed by atoms with Gasteiger partial charge in [0.15, 0.2) is 0 Å². The van der Waals surface area contributed by atoms with Gasteiger partial charge in [-0.3, -0.25) is 4.79 Å². The molecule has 26 heavy (non-hydrogen) atoms. The molecule has 0 saturated carbocycles. The van der Waals surface area contributed by atoms with Crippen LogP contribution >= 0.6 is 11.3 Å².